The largest absolute Gasteiger partial charge is 0.378 e. The van der Waals surface area contributed by atoms with Crippen molar-refractivity contribution < 1.29 is 4.74 Å². The average Bonchev–Trinajstić information content (AvgIpc) is 3.51. The molecule has 8 heteroatoms. The van der Waals surface area contributed by atoms with E-state index in [1.807, 2.05) is 43.6 Å². The third kappa shape index (κ3) is 4.13. The number of hydrogen-bond donors (Lipinski definition) is 1. The van der Waals surface area contributed by atoms with E-state index >= 15 is 0 Å². The molecule has 7 nitrogen and oxygen atoms in total. The molecule has 5 rings (SSSR count). The van der Waals surface area contributed by atoms with Gasteiger partial charge in [0.2, 0.25) is 0 Å². The Morgan fingerprint density at radius 3 is 2.87 bits per heavy atom. The maximum absolute atomic E-state index is 6.12. The second-order valence-corrected chi connectivity index (χ2v) is 8.39. The number of anilines is 2. The van der Waals surface area contributed by atoms with Crippen LogP contribution in [0.25, 0.3) is 11.2 Å². The Bertz CT molecular complexity index is 1080. The number of aromatic nitrogens is 3. The summed E-state index contributed by atoms with van der Waals surface area (Å²) >= 11 is 6.12. The summed E-state index contributed by atoms with van der Waals surface area (Å²) in [7, 11) is 0. The third-order valence-corrected chi connectivity index (χ3v) is 5.87. The Kier molecular flexibility index (Phi) is 5.31. The molecule has 2 fully saturated rings. The quantitative estimate of drug-likeness (QED) is 0.475. The van der Waals surface area contributed by atoms with Crippen molar-refractivity contribution in [2.75, 3.05) is 36.6 Å². The molecule has 0 radical (unpaired) electrons. The van der Waals surface area contributed by atoms with Gasteiger partial charge < -0.3 is 14.2 Å². The van der Waals surface area contributed by atoms with Crippen molar-refractivity contribution in [1.29, 1.82) is 0 Å². The second-order valence-electron chi connectivity index (χ2n) is 7.96. The van der Waals surface area contributed by atoms with Crippen LogP contribution >= 0.6 is 11.6 Å². The molecule has 1 saturated carbocycles. The van der Waals surface area contributed by atoms with Crippen LogP contribution in [0.1, 0.15) is 25.3 Å². The van der Waals surface area contributed by atoms with Gasteiger partial charge in [-0.2, -0.15) is 5.10 Å². The van der Waals surface area contributed by atoms with Gasteiger partial charge in [0.25, 0.3) is 0 Å². The maximum atomic E-state index is 6.12. The van der Waals surface area contributed by atoms with Gasteiger partial charge in [-0.3, -0.25) is 5.43 Å². The number of fused-ring (bicyclic) bond motifs is 1. The SMILES string of the molecule is C/C(=N\Nc1cc(N2CCOCC2)c2ncn(CC3CC3)c2n1)c1cccc(Cl)c1. The number of rotatable bonds is 6. The predicted molar refractivity (Wildman–Crippen MR) is 121 cm³/mol. The molecule has 1 aliphatic carbocycles. The summed E-state index contributed by atoms with van der Waals surface area (Å²) in [6.45, 7) is 6.07. The number of ether oxygens (including phenoxy) is 1. The van der Waals surface area contributed by atoms with E-state index in [-0.39, 0.29) is 0 Å². The van der Waals surface area contributed by atoms with Gasteiger partial charge in [0, 0.05) is 30.7 Å². The first-order chi connectivity index (χ1) is 14.7. The van der Waals surface area contributed by atoms with E-state index in [0.29, 0.717) is 10.8 Å². The van der Waals surface area contributed by atoms with Gasteiger partial charge in [-0.05, 0) is 43.4 Å². The molecule has 1 saturated heterocycles. The summed E-state index contributed by atoms with van der Waals surface area (Å²) in [4.78, 5) is 11.9. The van der Waals surface area contributed by atoms with E-state index in [0.717, 1.165) is 66.9 Å². The van der Waals surface area contributed by atoms with E-state index in [4.69, 9.17) is 26.3 Å². The molecule has 1 aromatic carbocycles. The molecule has 2 aromatic heterocycles. The van der Waals surface area contributed by atoms with Gasteiger partial charge in [0.1, 0.15) is 5.52 Å². The lowest BCUT2D eigenvalue weighted by Crippen LogP contribution is -2.36. The molecule has 0 bridgehead atoms. The number of nitrogens with zero attached hydrogens (tertiary/aromatic N) is 5. The molecular weight excluding hydrogens is 400 g/mol. The molecule has 0 atom stereocenters. The summed E-state index contributed by atoms with van der Waals surface area (Å²) in [5, 5.41) is 5.25. The van der Waals surface area contributed by atoms with E-state index in [1.165, 1.54) is 12.8 Å². The van der Waals surface area contributed by atoms with Gasteiger partial charge in [-0.15, -0.1) is 0 Å². The molecule has 1 aliphatic heterocycles. The molecule has 2 aliphatic rings. The Balaban J connectivity index is 1.49. The number of nitrogens with one attached hydrogen (secondary N) is 1. The summed E-state index contributed by atoms with van der Waals surface area (Å²) in [5.74, 6) is 1.46. The lowest BCUT2D eigenvalue weighted by atomic mass is 10.1. The van der Waals surface area contributed by atoms with Gasteiger partial charge in [-0.1, -0.05) is 23.7 Å². The van der Waals surface area contributed by atoms with E-state index in [9.17, 15) is 0 Å². The molecule has 0 amide bonds. The number of hydrazone groups is 1. The Labute approximate surface area is 180 Å². The van der Waals surface area contributed by atoms with Crippen molar-refractivity contribution >= 4 is 40.0 Å². The van der Waals surface area contributed by atoms with Gasteiger partial charge >= 0.3 is 0 Å². The smallest absolute Gasteiger partial charge is 0.164 e. The topological polar surface area (TPSA) is 67.6 Å². The lowest BCUT2D eigenvalue weighted by Gasteiger charge is -2.29. The highest BCUT2D eigenvalue weighted by Crippen LogP contribution is 2.33. The Hall–Kier alpha value is -2.64. The van der Waals surface area contributed by atoms with Crippen LogP contribution in [0.4, 0.5) is 11.5 Å². The fourth-order valence-corrected chi connectivity index (χ4v) is 3.94. The highest BCUT2D eigenvalue weighted by atomic mass is 35.5. The number of hydrogen-bond acceptors (Lipinski definition) is 6. The minimum atomic E-state index is 0.695. The monoisotopic (exact) mass is 424 g/mol. The molecule has 0 spiro atoms. The molecule has 3 heterocycles. The summed E-state index contributed by atoms with van der Waals surface area (Å²) in [6, 6.07) is 9.72. The number of imidazole rings is 1. The minimum Gasteiger partial charge on any atom is -0.378 e. The van der Waals surface area contributed by atoms with Gasteiger partial charge in [-0.25, -0.2) is 9.97 Å². The Morgan fingerprint density at radius 2 is 2.10 bits per heavy atom. The molecule has 156 valence electrons. The van der Waals surface area contributed by atoms with Crippen LogP contribution in [0.2, 0.25) is 5.02 Å². The first-order valence-electron chi connectivity index (χ1n) is 10.4. The first-order valence-corrected chi connectivity index (χ1v) is 10.8. The van der Waals surface area contributed by atoms with Crippen LogP contribution in [0.3, 0.4) is 0 Å². The molecule has 30 heavy (non-hydrogen) atoms. The van der Waals surface area contributed by atoms with Crippen LogP contribution in [-0.4, -0.2) is 46.6 Å². The number of benzene rings is 1. The Morgan fingerprint density at radius 1 is 1.27 bits per heavy atom. The summed E-state index contributed by atoms with van der Waals surface area (Å²) in [5.41, 5.74) is 7.91. The van der Waals surface area contributed by atoms with Gasteiger partial charge in [0.15, 0.2) is 11.5 Å². The lowest BCUT2D eigenvalue weighted by molar-refractivity contribution is 0.123. The first kappa shape index (κ1) is 19.3. The van der Waals surface area contributed by atoms with Crippen molar-refractivity contribution in [2.24, 2.45) is 11.0 Å². The van der Waals surface area contributed by atoms with E-state index < -0.39 is 0 Å². The van der Waals surface area contributed by atoms with Crippen LogP contribution in [0.15, 0.2) is 41.8 Å². The number of pyridine rings is 1. The van der Waals surface area contributed by atoms with Crippen LogP contribution in [0.5, 0.6) is 0 Å². The van der Waals surface area contributed by atoms with Crippen LogP contribution in [0, 0.1) is 5.92 Å². The maximum Gasteiger partial charge on any atom is 0.164 e. The molecule has 0 unspecified atom stereocenters. The molecule has 1 N–H and O–H groups in total. The zero-order chi connectivity index (χ0) is 20.5. The van der Waals surface area contributed by atoms with Crippen molar-refractivity contribution in [3.8, 4) is 0 Å². The molecular formula is C22H25ClN6O. The van der Waals surface area contributed by atoms with Gasteiger partial charge in [0.05, 0.1) is 30.9 Å². The zero-order valence-electron chi connectivity index (χ0n) is 17.0. The van der Waals surface area contributed by atoms with E-state index in [2.05, 4.69) is 20.0 Å². The van der Waals surface area contributed by atoms with Crippen molar-refractivity contribution in [3.05, 3.63) is 47.2 Å². The van der Waals surface area contributed by atoms with Crippen molar-refractivity contribution in [3.63, 3.8) is 0 Å². The fourth-order valence-electron chi connectivity index (χ4n) is 3.75. The van der Waals surface area contributed by atoms with Crippen LogP contribution in [-0.2, 0) is 11.3 Å². The average molecular weight is 425 g/mol. The molecule has 3 aromatic rings. The predicted octanol–water partition coefficient (Wildman–Crippen LogP) is 4.17. The number of halogens is 1. The summed E-state index contributed by atoms with van der Waals surface area (Å²) in [6.07, 6.45) is 4.50. The third-order valence-electron chi connectivity index (χ3n) is 5.64. The highest BCUT2D eigenvalue weighted by Gasteiger charge is 2.24. The van der Waals surface area contributed by atoms with E-state index in [1.54, 1.807) is 0 Å². The zero-order valence-corrected chi connectivity index (χ0v) is 17.8. The van der Waals surface area contributed by atoms with Crippen molar-refractivity contribution in [2.45, 2.75) is 26.3 Å². The van der Waals surface area contributed by atoms with Crippen LogP contribution < -0.4 is 10.3 Å². The fraction of sp³-hybridized carbons (Fsp3) is 0.409. The number of morpholine rings is 1. The highest BCUT2D eigenvalue weighted by molar-refractivity contribution is 6.31. The standard InChI is InChI=1S/C22H25ClN6O/c1-15(17-3-2-4-18(23)11-17)26-27-20-12-19(28-7-9-30-10-8-28)21-22(25-20)29(14-24-21)13-16-5-6-16/h2-4,11-12,14,16H,5-10,13H2,1H3,(H,25,27)/b26-15+. The van der Waals surface area contributed by atoms with Crippen molar-refractivity contribution in [1.82, 2.24) is 14.5 Å². The second kappa shape index (κ2) is 8.24. The minimum absolute atomic E-state index is 0.695. The normalized spacial score (nSPS) is 17.5. The summed E-state index contributed by atoms with van der Waals surface area (Å²) < 4.78 is 7.71.